The highest BCUT2D eigenvalue weighted by Gasteiger charge is 2.16. The SMILES string of the molecule is COC(CNC(=O)Nc1ccccc1)C(=O)O. The van der Waals surface area contributed by atoms with E-state index in [0.29, 0.717) is 5.69 Å². The molecule has 1 aromatic carbocycles. The molecule has 1 atom stereocenters. The Morgan fingerprint density at radius 3 is 2.53 bits per heavy atom. The van der Waals surface area contributed by atoms with Crippen LogP contribution in [0.25, 0.3) is 0 Å². The first-order valence-corrected chi connectivity index (χ1v) is 4.99. The molecule has 0 radical (unpaired) electrons. The van der Waals surface area contributed by atoms with E-state index in [0.717, 1.165) is 0 Å². The lowest BCUT2D eigenvalue weighted by molar-refractivity contribution is -0.147. The van der Waals surface area contributed by atoms with Crippen LogP contribution in [0.5, 0.6) is 0 Å². The van der Waals surface area contributed by atoms with Crippen molar-refractivity contribution < 1.29 is 19.4 Å². The monoisotopic (exact) mass is 238 g/mol. The Kier molecular flexibility index (Phi) is 4.96. The molecule has 0 saturated carbocycles. The van der Waals surface area contributed by atoms with Gasteiger partial charge < -0.3 is 20.5 Å². The van der Waals surface area contributed by atoms with Crippen molar-refractivity contribution in [2.75, 3.05) is 19.0 Å². The lowest BCUT2D eigenvalue weighted by Gasteiger charge is -2.12. The molecule has 0 aromatic heterocycles. The molecular weight excluding hydrogens is 224 g/mol. The van der Waals surface area contributed by atoms with Crippen LogP contribution in [0, 0.1) is 0 Å². The van der Waals surface area contributed by atoms with Gasteiger partial charge in [0.05, 0.1) is 6.54 Å². The molecule has 6 nitrogen and oxygen atoms in total. The number of amides is 2. The first kappa shape index (κ1) is 13.0. The van der Waals surface area contributed by atoms with Gasteiger partial charge in [0.2, 0.25) is 0 Å². The van der Waals surface area contributed by atoms with Crippen LogP contribution in [0.1, 0.15) is 0 Å². The van der Waals surface area contributed by atoms with Gasteiger partial charge in [0, 0.05) is 12.8 Å². The number of carboxylic acid groups (broad SMARTS) is 1. The van der Waals surface area contributed by atoms with Gasteiger partial charge in [-0.3, -0.25) is 0 Å². The molecule has 0 spiro atoms. The van der Waals surface area contributed by atoms with Gasteiger partial charge in [0.1, 0.15) is 0 Å². The zero-order valence-corrected chi connectivity index (χ0v) is 9.34. The second-order valence-corrected chi connectivity index (χ2v) is 3.26. The van der Waals surface area contributed by atoms with Crippen molar-refractivity contribution in [1.29, 1.82) is 0 Å². The van der Waals surface area contributed by atoms with Gasteiger partial charge in [-0.05, 0) is 12.1 Å². The maximum atomic E-state index is 11.4. The van der Waals surface area contributed by atoms with Crippen molar-refractivity contribution in [2.45, 2.75) is 6.10 Å². The van der Waals surface area contributed by atoms with Crippen LogP contribution in [0.3, 0.4) is 0 Å². The van der Waals surface area contributed by atoms with Crippen LogP contribution in [0.15, 0.2) is 30.3 Å². The topological polar surface area (TPSA) is 87.7 Å². The number of ether oxygens (including phenoxy) is 1. The summed E-state index contributed by atoms with van der Waals surface area (Å²) in [6, 6.07) is 8.37. The van der Waals surface area contributed by atoms with Gasteiger partial charge in [-0.15, -0.1) is 0 Å². The van der Waals surface area contributed by atoms with Crippen LogP contribution >= 0.6 is 0 Å². The van der Waals surface area contributed by atoms with E-state index in [2.05, 4.69) is 15.4 Å². The lowest BCUT2D eigenvalue weighted by Crippen LogP contribution is -2.39. The third-order valence-corrected chi connectivity index (χ3v) is 2.04. The number of methoxy groups -OCH3 is 1. The van der Waals surface area contributed by atoms with Crippen LogP contribution < -0.4 is 10.6 Å². The molecule has 0 aliphatic carbocycles. The average Bonchev–Trinajstić information content (AvgIpc) is 2.30. The quantitative estimate of drug-likeness (QED) is 0.711. The van der Waals surface area contributed by atoms with Gasteiger partial charge in [-0.1, -0.05) is 18.2 Å². The van der Waals surface area contributed by atoms with Crippen molar-refractivity contribution in [3.05, 3.63) is 30.3 Å². The Bertz CT molecular complexity index is 380. The molecule has 1 rings (SSSR count). The van der Waals surface area contributed by atoms with E-state index in [-0.39, 0.29) is 6.54 Å². The van der Waals surface area contributed by atoms with E-state index < -0.39 is 18.1 Å². The van der Waals surface area contributed by atoms with Gasteiger partial charge >= 0.3 is 12.0 Å². The largest absolute Gasteiger partial charge is 0.479 e. The Hall–Kier alpha value is -2.08. The van der Waals surface area contributed by atoms with Crippen molar-refractivity contribution >= 4 is 17.7 Å². The van der Waals surface area contributed by atoms with Crippen LogP contribution in [-0.4, -0.2) is 36.9 Å². The summed E-state index contributed by atoms with van der Waals surface area (Å²) in [4.78, 5) is 22.0. The molecule has 1 aromatic rings. The molecule has 17 heavy (non-hydrogen) atoms. The molecular formula is C11H14N2O4. The third-order valence-electron chi connectivity index (χ3n) is 2.04. The number of benzene rings is 1. The molecule has 3 N–H and O–H groups in total. The number of hydrogen-bond donors (Lipinski definition) is 3. The minimum atomic E-state index is -1.12. The predicted molar refractivity (Wildman–Crippen MR) is 61.9 cm³/mol. The van der Waals surface area contributed by atoms with E-state index >= 15 is 0 Å². The fourth-order valence-electron chi connectivity index (χ4n) is 1.15. The Balaban J connectivity index is 2.38. The molecule has 6 heteroatoms. The first-order valence-electron chi connectivity index (χ1n) is 4.99. The standard InChI is InChI=1S/C11H14N2O4/c1-17-9(10(14)15)7-12-11(16)13-8-5-3-2-4-6-8/h2-6,9H,7H2,1H3,(H,14,15)(H2,12,13,16). The summed E-state index contributed by atoms with van der Waals surface area (Å²) >= 11 is 0. The highest BCUT2D eigenvalue weighted by Crippen LogP contribution is 2.04. The second-order valence-electron chi connectivity index (χ2n) is 3.26. The fourth-order valence-corrected chi connectivity index (χ4v) is 1.15. The van der Waals surface area contributed by atoms with Crippen molar-refractivity contribution in [2.24, 2.45) is 0 Å². The van der Waals surface area contributed by atoms with Gasteiger partial charge in [0.15, 0.2) is 6.10 Å². The molecule has 1 unspecified atom stereocenters. The average molecular weight is 238 g/mol. The van der Waals surface area contributed by atoms with Crippen molar-refractivity contribution in [3.8, 4) is 0 Å². The summed E-state index contributed by atoms with van der Waals surface area (Å²) in [5, 5.41) is 13.6. The number of nitrogens with one attached hydrogen (secondary N) is 2. The number of carboxylic acids is 1. The highest BCUT2D eigenvalue weighted by molar-refractivity contribution is 5.89. The lowest BCUT2D eigenvalue weighted by atomic mass is 10.3. The van der Waals surface area contributed by atoms with Crippen molar-refractivity contribution in [1.82, 2.24) is 5.32 Å². The smallest absolute Gasteiger partial charge is 0.334 e. The molecule has 0 aliphatic rings. The molecule has 0 saturated heterocycles. The number of para-hydroxylation sites is 1. The number of rotatable bonds is 5. The van der Waals surface area contributed by atoms with E-state index in [4.69, 9.17) is 5.11 Å². The normalized spacial score (nSPS) is 11.6. The fraction of sp³-hybridized carbons (Fsp3) is 0.273. The molecule has 0 bridgehead atoms. The minimum Gasteiger partial charge on any atom is -0.479 e. The van der Waals surface area contributed by atoms with Crippen molar-refractivity contribution in [3.63, 3.8) is 0 Å². The molecule has 0 aliphatic heterocycles. The number of hydrogen-bond acceptors (Lipinski definition) is 3. The summed E-state index contributed by atoms with van der Waals surface area (Å²) in [6.45, 7) is -0.0928. The number of aliphatic carboxylic acids is 1. The summed E-state index contributed by atoms with van der Waals surface area (Å²) < 4.78 is 4.67. The van der Waals surface area contributed by atoms with Gasteiger partial charge in [0.25, 0.3) is 0 Å². The minimum absolute atomic E-state index is 0.0928. The first-order chi connectivity index (χ1) is 8.13. The summed E-state index contributed by atoms with van der Waals surface area (Å²) in [5.74, 6) is -1.12. The zero-order chi connectivity index (χ0) is 12.7. The molecule has 0 heterocycles. The predicted octanol–water partition coefficient (Wildman–Crippen LogP) is 0.908. The summed E-state index contributed by atoms with van der Waals surface area (Å²) in [6.07, 6.45) is -1.04. The van der Waals surface area contributed by atoms with E-state index in [1.165, 1.54) is 7.11 Å². The molecule has 0 fully saturated rings. The van der Waals surface area contributed by atoms with Gasteiger partial charge in [-0.2, -0.15) is 0 Å². The second kappa shape index (κ2) is 6.49. The van der Waals surface area contributed by atoms with E-state index in [9.17, 15) is 9.59 Å². The highest BCUT2D eigenvalue weighted by atomic mass is 16.5. The van der Waals surface area contributed by atoms with Gasteiger partial charge in [-0.25, -0.2) is 9.59 Å². The van der Waals surface area contributed by atoms with Crippen LogP contribution in [0.4, 0.5) is 10.5 Å². The number of urea groups is 1. The Morgan fingerprint density at radius 2 is 2.00 bits per heavy atom. The summed E-state index contributed by atoms with van der Waals surface area (Å²) in [5.41, 5.74) is 0.634. The maximum absolute atomic E-state index is 11.4. The number of carbonyl (C=O) groups is 2. The van der Waals surface area contributed by atoms with Crippen LogP contribution in [-0.2, 0) is 9.53 Å². The number of anilines is 1. The molecule has 2 amide bonds. The van der Waals surface area contributed by atoms with E-state index in [1.807, 2.05) is 6.07 Å². The van der Waals surface area contributed by atoms with E-state index in [1.54, 1.807) is 24.3 Å². The Morgan fingerprint density at radius 1 is 1.35 bits per heavy atom. The molecule has 92 valence electrons. The Labute approximate surface area is 98.6 Å². The number of carbonyl (C=O) groups excluding carboxylic acids is 1. The maximum Gasteiger partial charge on any atom is 0.334 e. The summed E-state index contributed by atoms with van der Waals surface area (Å²) in [7, 11) is 1.27. The zero-order valence-electron chi connectivity index (χ0n) is 9.34. The third kappa shape index (κ3) is 4.52. The van der Waals surface area contributed by atoms with Crippen LogP contribution in [0.2, 0.25) is 0 Å².